The minimum Gasteiger partial charge on any atom is -0.234 e. The molecule has 0 aliphatic rings. The summed E-state index contributed by atoms with van der Waals surface area (Å²) in [4.78, 5) is 4.41. The fraction of sp³-hybridized carbons (Fsp3) is 0.250. The molecule has 1 aromatic carbocycles. The lowest BCUT2D eigenvalue weighted by Crippen LogP contribution is -2.03. The van der Waals surface area contributed by atoms with Gasteiger partial charge in [0.25, 0.3) is 0 Å². The Balaban J connectivity index is 2.24. The fourth-order valence-electron chi connectivity index (χ4n) is 1.41. The Labute approximate surface area is 103 Å². The van der Waals surface area contributed by atoms with E-state index >= 15 is 0 Å². The lowest BCUT2D eigenvalue weighted by atomic mass is 10.1. The summed E-state index contributed by atoms with van der Waals surface area (Å²) in [5.74, 6) is 0.765. The van der Waals surface area contributed by atoms with E-state index in [4.69, 9.17) is 0 Å². The monoisotopic (exact) mass is 277 g/mol. The molecular formula is C12H12BrN3. The van der Waals surface area contributed by atoms with Crippen molar-refractivity contribution < 1.29 is 0 Å². The number of aromatic nitrogens is 3. The fourth-order valence-corrected chi connectivity index (χ4v) is 1.85. The molecule has 2 aromatic rings. The molecule has 2 rings (SSSR count). The third kappa shape index (κ3) is 2.64. The Morgan fingerprint density at radius 2 is 1.94 bits per heavy atom. The first-order valence-electron chi connectivity index (χ1n) is 5.06. The molecule has 0 N–H and O–H groups in total. The summed E-state index contributed by atoms with van der Waals surface area (Å²) in [5, 5.41) is 8.16. The molecule has 0 aliphatic carbocycles. The molecule has 0 fully saturated rings. The number of rotatable bonds is 2. The van der Waals surface area contributed by atoms with Crippen LogP contribution in [0, 0.1) is 13.8 Å². The van der Waals surface area contributed by atoms with Crippen molar-refractivity contribution in [3.05, 3.63) is 51.5 Å². The largest absolute Gasteiger partial charge is 0.234 e. The van der Waals surface area contributed by atoms with Gasteiger partial charge in [-0.2, -0.15) is 5.10 Å². The molecule has 0 saturated carbocycles. The molecule has 0 unspecified atom stereocenters. The van der Waals surface area contributed by atoms with E-state index in [2.05, 4.69) is 43.2 Å². The van der Waals surface area contributed by atoms with Gasteiger partial charge in [0.05, 0.1) is 11.4 Å². The second-order valence-electron chi connectivity index (χ2n) is 3.71. The average Bonchev–Trinajstić information content (AvgIpc) is 2.24. The van der Waals surface area contributed by atoms with Crippen molar-refractivity contribution in [1.82, 2.24) is 15.2 Å². The van der Waals surface area contributed by atoms with Crippen LogP contribution < -0.4 is 0 Å². The molecular weight excluding hydrogens is 266 g/mol. The van der Waals surface area contributed by atoms with Gasteiger partial charge in [0.2, 0.25) is 0 Å². The van der Waals surface area contributed by atoms with Crippen LogP contribution >= 0.6 is 15.9 Å². The normalized spacial score (nSPS) is 10.4. The van der Waals surface area contributed by atoms with E-state index in [0.717, 1.165) is 21.7 Å². The molecule has 0 atom stereocenters. The molecule has 0 aliphatic heterocycles. The number of halogens is 1. The van der Waals surface area contributed by atoms with E-state index in [0.29, 0.717) is 6.42 Å². The van der Waals surface area contributed by atoms with Gasteiger partial charge in [0, 0.05) is 10.9 Å². The first-order valence-corrected chi connectivity index (χ1v) is 5.85. The topological polar surface area (TPSA) is 38.7 Å². The van der Waals surface area contributed by atoms with Crippen molar-refractivity contribution in [2.75, 3.05) is 0 Å². The number of aryl methyl sites for hydroxylation is 2. The van der Waals surface area contributed by atoms with Gasteiger partial charge < -0.3 is 0 Å². The van der Waals surface area contributed by atoms with Gasteiger partial charge in [0.1, 0.15) is 0 Å². The number of hydrogen-bond donors (Lipinski definition) is 0. The zero-order chi connectivity index (χ0) is 11.5. The Morgan fingerprint density at radius 3 is 2.62 bits per heavy atom. The van der Waals surface area contributed by atoms with Crippen LogP contribution in [0.3, 0.4) is 0 Å². The first kappa shape index (κ1) is 11.2. The Morgan fingerprint density at radius 1 is 1.12 bits per heavy atom. The molecule has 4 heteroatoms. The van der Waals surface area contributed by atoms with Crippen LogP contribution in [-0.2, 0) is 6.42 Å². The van der Waals surface area contributed by atoms with Crippen molar-refractivity contribution in [2.45, 2.75) is 20.3 Å². The minimum absolute atomic E-state index is 0.716. The van der Waals surface area contributed by atoms with E-state index in [1.807, 2.05) is 26.0 Å². The highest BCUT2D eigenvalue weighted by Crippen LogP contribution is 2.13. The van der Waals surface area contributed by atoms with E-state index < -0.39 is 0 Å². The van der Waals surface area contributed by atoms with Crippen LogP contribution in [0.25, 0.3) is 0 Å². The maximum absolute atomic E-state index is 4.41. The summed E-state index contributed by atoms with van der Waals surface area (Å²) in [6.07, 6.45) is 0.716. The summed E-state index contributed by atoms with van der Waals surface area (Å²) < 4.78 is 1.07. The predicted molar refractivity (Wildman–Crippen MR) is 66.2 cm³/mol. The van der Waals surface area contributed by atoms with Crippen LogP contribution in [0.15, 0.2) is 28.7 Å². The molecule has 0 spiro atoms. The van der Waals surface area contributed by atoms with Crippen LogP contribution in [0.5, 0.6) is 0 Å². The van der Waals surface area contributed by atoms with E-state index in [9.17, 15) is 0 Å². The van der Waals surface area contributed by atoms with Crippen molar-refractivity contribution in [1.29, 1.82) is 0 Å². The summed E-state index contributed by atoms with van der Waals surface area (Å²) in [7, 11) is 0. The van der Waals surface area contributed by atoms with E-state index in [1.165, 1.54) is 5.56 Å². The van der Waals surface area contributed by atoms with E-state index in [1.54, 1.807) is 0 Å². The van der Waals surface area contributed by atoms with Gasteiger partial charge >= 0.3 is 0 Å². The van der Waals surface area contributed by atoms with Crippen LogP contribution in [0.4, 0.5) is 0 Å². The van der Waals surface area contributed by atoms with Gasteiger partial charge in [0.15, 0.2) is 5.82 Å². The lowest BCUT2D eigenvalue weighted by molar-refractivity contribution is 0.817. The lowest BCUT2D eigenvalue weighted by Gasteiger charge is -2.02. The molecule has 0 saturated heterocycles. The molecule has 0 bridgehead atoms. The highest BCUT2D eigenvalue weighted by molar-refractivity contribution is 9.10. The minimum atomic E-state index is 0.716. The second kappa shape index (κ2) is 4.70. The quantitative estimate of drug-likeness (QED) is 0.847. The van der Waals surface area contributed by atoms with Gasteiger partial charge in [-0.25, -0.2) is 4.98 Å². The van der Waals surface area contributed by atoms with Gasteiger partial charge in [-0.1, -0.05) is 28.1 Å². The Kier molecular flexibility index (Phi) is 3.29. The van der Waals surface area contributed by atoms with Gasteiger partial charge in [-0.05, 0) is 31.5 Å². The number of nitrogens with zero attached hydrogens (tertiary/aromatic N) is 3. The average molecular weight is 278 g/mol. The third-order valence-electron chi connectivity index (χ3n) is 2.39. The first-order chi connectivity index (χ1) is 7.65. The molecule has 16 heavy (non-hydrogen) atoms. The predicted octanol–water partition coefficient (Wildman–Crippen LogP) is 2.84. The smallest absolute Gasteiger partial charge is 0.155 e. The molecule has 0 amide bonds. The zero-order valence-electron chi connectivity index (χ0n) is 9.24. The van der Waals surface area contributed by atoms with Gasteiger partial charge in [-0.15, -0.1) is 5.10 Å². The van der Waals surface area contributed by atoms with Crippen LogP contribution in [0.2, 0.25) is 0 Å². The molecule has 3 nitrogen and oxygen atoms in total. The maximum atomic E-state index is 4.41. The summed E-state index contributed by atoms with van der Waals surface area (Å²) >= 11 is 3.45. The number of benzene rings is 1. The van der Waals surface area contributed by atoms with Crippen molar-refractivity contribution in [3.8, 4) is 0 Å². The summed E-state index contributed by atoms with van der Waals surface area (Å²) in [6.45, 7) is 3.87. The molecule has 1 heterocycles. The summed E-state index contributed by atoms with van der Waals surface area (Å²) in [5.41, 5.74) is 3.01. The third-order valence-corrected chi connectivity index (χ3v) is 2.88. The standard InChI is InChI=1S/C12H12BrN3/c1-8-9(2)15-16-12(14-8)7-10-4-3-5-11(13)6-10/h3-6H,7H2,1-2H3. The number of hydrogen-bond acceptors (Lipinski definition) is 3. The Hall–Kier alpha value is -1.29. The van der Waals surface area contributed by atoms with Crippen LogP contribution in [-0.4, -0.2) is 15.2 Å². The highest BCUT2D eigenvalue weighted by atomic mass is 79.9. The molecule has 82 valence electrons. The molecule has 1 aromatic heterocycles. The van der Waals surface area contributed by atoms with Crippen molar-refractivity contribution in [2.24, 2.45) is 0 Å². The summed E-state index contributed by atoms with van der Waals surface area (Å²) in [6, 6.07) is 8.14. The Bertz CT molecular complexity index is 511. The van der Waals surface area contributed by atoms with Crippen molar-refractivity contribution in [3.63, 3.8) is 0 Å². The highest BCUT2D eigenvalue weighted by Gasteiger charge is 2.03. The maximum Gasteiger partial charge on any atom is 0.155 e. The van der Waals surface area contributed by atoms with E-state index in [-0.39, 0.29) is 0 Å². The van der Waals surface area contributed by atoms with Crippen LogP contribution in [0.1, 0.15) is 22.8 Å². The van der Waals surface area contributed by atoms with Crippen molar-refractivity contribution >= 4 is 15.9 Å². The second-order valence-corrected chi connectivity index (χ2v) is 4.62. The zero-order valence-corrected chi connectivity index (χ0v) is 10.8. The molecule has 0 radical (unpaired) electrons. The SMILES string of the molecule is Cc1nnc(Cc2cccc(Br)c2)nc1C. The van der Waals surface area contributed by atoms with Gasteiger partial charge in [-0.3, -0.25) is 0 Å².